The number of aromatic nitrogens is 1. The fourth-order valence-corrected chi connectivity index (χ4v) is 2.71. The molecule has 1 aliphatic heterocycles. The number of rotatable bonds is 3. The molecule has 3 nitrogen and oxygen atoms in total. The smallest absolute Gasteiger partial charge is 0.264 e. The highest BCUT2D eigenvalue weighted by Gasteiger charge is 2.11. The molecular weight excluding hydrogens is 306 g/mol. The van der Waals surface area contributed by atoms with Gasteiger partial charge >= 0.3 is 0 Å². The van der Waals surface area contributed by atoms with Gasteiger partial charge in [0, 0.05) is 19.2 Å². The molecule has 1 aromatic heterocycles. The lowest BCUT2D eigenvalue weighted by atomic mass is 10.1. The highest BCUT2D eigenvalue weighted by atomic mass is 79.9. The second kappa shape index (κ2) is 5.21. The van der Waals surface area contributed by atoms with Crippen molar-refractivity contribution in [2.75, 3.05) is 6.61 Å². The zero-order chi connectivity index (χ0) is 13.2. The van der Waals surface area contributed by atoms with Gasteiger partial charge in [-0.15, -0.1) is 0 Å². The molecule has 2 heterocycles. The Labute approximate surface area is 120 Å². The summed E-state index contributed by atoms with van der Waals surface area (Å²) >= 11 is 3.26. The molecule has 0 saturated carbocycles. The molecule has 0 spiro atoms. The molecule has 0 fully saturated rings. The summed E-state index contributed by atoms with van der Waals surface area (Å²) in [6.45, 7) is 1.47. The monoisotopic (exact) mass is 319 g/mol. The van der Waals surface area contributed by atoms with Crippen LogP contribution in [0.25, 0.3) is 0 Å². The molecule has 0 aliphatic carbocycles. The van der Waals surface area contributed by atoms with E-state index in [1.165, 1.54) is 11.1 Å². The lowest BCUT2D eigenvalue weighted by Gasteiger charge is -2.07. The number of hydrogen-bond acceptors (Lipinski definition) is 2. The summed E-state index contributed by atoms with van der Waals surface area (Å²) in [4.78, 5) is 11.9. The van der Waals surface area contributed by atoms with Crippen LogP contribution in [0.15, 0.2) is 45.8 Å². The van der Waals surface area contributed by atoms with E-state index in [1.54, 1.807) is 10.6 Å². The van der Waals surface area contributed by atoms with Gasteiger partial charge in [-0.05, 0) is 51.7 Å². The molecule has 0 bridgehead atoms. The van der Waals surface area contributed by atoms with E-state index in [1.807, 2.05) is 18.3 Å². The van der Waals surface area contributed by atoms with Crippen LogP contribution in [0.3, 0.4) is 0 Å². The molecule has 0 N–H and O–H groups in total. The number of aryl methyl sites for hydroxylation is 2. The number of halogens is 1. The van der Waals surface area contributed by atoms with Gasteiger partial charge in [0.15, 0.2) is 0 Å². The van der Waals surface area contributed by atoms with Crippen LogP contribution in [0.5, 0.6) is 5.75 Å². The van der Waals surface area contributed by atoms with Crippen molar-refractivity contribution in [1.82, 2.24) is 4.57 Å². The second-order valence-corrected chi connectivity index (χ2v) is 5.50. The molecule has 98 valence electrons. The van der Waals surface area contributed by atoms with Crippen LogP contribution < -0.4 is 10.3 Å². The Balaban J connectivity index is 1.76. The standard InChI is InChI=1S/C15H14BrNO2/c16-13-2-1-7-17(15(13)18)8-5-11-3-4-14-12(10-11)6-9-19-14/h1-4,7,10H,5-6,8-9H2. The summed E-state index contributed by atoms with van der Waals surface area (Å²) in [5.74, 6) is 1.00. The SMILES string of the molecule is O=c1c(Br)cccn1CCc1ccc2c(c1)CCO2. The van der Waals surface area contributed by atoms with E-state index in [2.05, 4.69) is 28.1 Å². The highest BCUT2D eigenvalue weighted by molar-refractivity contribution is 9.10. The van der Waals surface area contributed by atoms with Crippen LogP contribution in [0, 0.1) is 0 Å². The zero-order valence-electron chi connectivity index (χ0n) is 10.4. The van der Waals surface area contributed by atoms with Gasteiger partial charge in [-0.25, -0.2) is 0 Å². The maximum absolute atomic E-state index is 11.9. The zero-order valence-corrected chi connectivity index (χ0v) is 12.0. The maximum Gasteiger partial charge on any atom is 0.264 e. The van der Waals surface area contributed by atoms with E-state index in [4.69, 9.17) is 4.74 Å². The maximum atomic E-state index is 11.9. The molecule has 2 aromatic rings. The van der Waals surface area contributed by atoms with Gasteiger partial charge in [-0.2, -0.15) is 0 Å². The van der Waals surface area contributed by atoms with Crippen molar-refractivity contribution in [1.29, 1.82) is 0 Å². The molecule has 0 radical (unpaired) electrons. The van der Waals surface area contributed by atoms with Gasteiger partial charge in [-0.1, -0.05) is 12.1 Å². The Hall–Kier alpha value is -1.55. The van der Waals surface area contributed by atoms with E-state index in [-0.39, 0.29) is 5.56 Å². The lowest BCUT2D eigenvalue weighted by Crippen LogP contribution is -2.20. The molecular formula is C15H14BrNO2. The van der Waals surface area contributed by atoms with Crippen molar-refractivity contribution < 1.29 is 4.74 Å². The van der Waals surface area contributed by atoms with E-state index in [0.717, 1.165) is 25.2 Å². The fourth-order valence-electron chi connectivity index (χ4n) is 2.33. The lowest BCUT2D eigenvalue weighted by molar-refractivity contribution is 0.357. The van der Waals surface area contributed by atoms with Gasteiger partial charge in [0.2, 0.25) is 0 Å². The summed E-state index contributed by atoms with van der Waals surface area (Å²) in [6.07, 6.45) is 3.66. The molecule has 0 amide bonds. The largest absolute Gasteiger partial charge is 0.493 e. The Morgan fingerprint density at radius 2 is 2.21 bits per heavy atom. The number of hydrogen-bond donors (Lipinski definition) is 0. The molecule has 0 atom stereocenters. The summed E-state index contributed by atoms with van der Waals surface area (Å²) in [5.41, 5.74) is 2.54. The van der Waals surface area contributed by atoms with Crippen molar-refractivity contribution in [3.8, 4) is 5.75 Å². The van der Waals surface area contributed by atoms with Gasteiger partial charge in [0.05, 0.1) is 11.1 Å². The molecule has 1 aliphatic rings. The van der Waals surface area contributed by atoms with Crippen LogP contribution in [-0.2, 0) is 19.4 Å². The number of fused-ring (bicyclic) bond motifs is 1. The fraction of sp³-hybridized carbons (Fsp3) is 0.267. The first-order valence-corrected chi connectivity index (χ1v) is 7.13. The highest BCUT2D eigenvalue weighted by Crippen LogP contribution is 2.26. The molecule has 0 saturated heterocycles. The third-order valence-electron chi connectivity index (χ3n) is 3.37. The Morgan fingerprint density at radius 3 is 3.11 bits per heavy atom. The third-order valence-corrected chi connectivity index (χ3v) is 3.97. The van der Waals surface area contributed by atoms with Crippen molar-refractivity contribution in [3.63, 3.8) is 0 Å². The first-order valence-electron chi connectivity index (χ1n) is 6.33. The normalized spacial score (nSPS) is 13.1. The minimum absolute atomic E-state index is 0.0204. The van der Waals surface area contributed by atoms with Crippen LogP contribution in [0.4, 0.5) is 0 Å². The topological polar surface area (TPSA) is 31.2 Å². The predicted molar refractivity (Wildman–Crippen MR) is 77.7 cm³/mol. The van der Waals surface area contributed by atoms with Gasteiger partial charge in [0.1, 0.15) is 5.75 Å². The van der Waals surface area contributed by atoms with Crippen molar-refractivity contribution in [3.05, 3.63) is 62.5 Å². The quantitative estimate of drug-likeness (QED) is 0.871. The molecule has 19 heavy (non-hydrogen) atoms. The van der Waals surface area contributed by atoms with Crippen LogP contribution in [0.1, 0.15) is 11.1 Å². The molecule has 0 unspecified atom stereocenters. The summed E-state index contributed by atoms with van der Waals surface area (Å²) < 4.78 is 7.83. The number of benzene rings is 1. The third kappa shape index (κ3) is 2.59. The van der Waals surface area contributed by atoms with Crippen LogP contribution in [0.2, 0.25) is 0 Å². The van der Waals surface area contributed by atoms with E-state index in [9.17, 15) is 4.79 Å². The van der Waals surface area contributed by atoms with Crippen molar-refractivity contribution in [2.24, 2.45) is 0 Å². The van der Waals surface area contributed by atoms with Gasteiger partial charge in [-0.3, -0.25) is 4.79 Å². The van der Waals surface area contributed by atoms with Crippen LogP contribution >= 0.6 is 15.9 Å². The first kappa shape index (κ1) is 12.5. The average Bonchev–Trinajstić information content (AvgIpc) is 2.88. The number of nitrogens with zero attached hydrogens (tertiary/aromatic N) is 1. The number of ether oxygens (including phenoxy) is 1. The molecule has 1 aromatic carbocycles. The van der Waals surface area contributed by atoms with Crippen LogP contribution in [-0.4, -0.2) is 11.2 Å². The average molecular weight is 320 g/mol. The number of pyridine rings is 1. The Kier molecular flexibility index (Phi) is 3.42. The Morgan fingerprint density at radius 1 is 1.32 bits per heavy atom. The van der Waals surface area contributed by atoms with E-state index < -0.39 is 0 Å². The van der Waals surface area contributed by atoms with Crippen molar-refractivity contribution >= 4 is 15.9 Å². The first-order chi connectivity index (χ1) is 9.24. The minimum atomic E-state index is 0.0204. The summed E-state index contributed by atoms with van der Waals surface area (Å²) in [7, 11) is 0. The minimum Gasteiger partial charge on any atom is -0.493 e. The van der Waals surface area contributed by atoms with Gasteiger partial charge < -0.3 is 9.30 Å². The van der Waals surface area contributed by atoms with Gasteiger partial charge in [0.25, 0.3) is 5.56 Å². The Bertz CT molecular complexity index is 663. The molecule has 3 rings (SSSR count). The van der Waals surface area contributed by atoms with Crippen molar-refractivity contribution in [2.45, 2.75) is 19.4 Å². The molecule has 4 heteroatoms. The second-order valence-electron chi connectivity index (χ2n) is 4.65. The van der Waals surface area contributed by atoms with E-state index in [0.29, 0.717) is 11.0 Å². The van der Waals surface area contributed by atoms with E-state index >= 15 is 0 Å². The summed E-state index contributed by atoms with van der Waals surface area (Å²) in [5, 5.41) is 0. The summed E-state index contributed by atoms with van der Waals surface area (Å²) in [6, 6.07) is 9.94. The predicted octanol–water partition coefficient (Wildman–Crippen LogP) is 2.79.